The van der Waals surface area contributed by atoms with E-state index in [1.54, 1.807) is 0 Å². The fraction of sp³-hybridized carbons (Fsp3) is 0.455. The van der Waals surface area contributed by atoms with Crippen LogP contribution in [-0.2, 0) is 0 Å². The first-order valence-corrected chi connectivity index (χ1v) is 5.60. The Kier molecular flexibility index (Phi) is 3.14. The Hall–Kier alpha value is -2.18. The van der Waals surface area contributed by atoms with Crippen molar-refractivity contribution in [1.29, 1.82) is 0 Å². The van der Waals surface area contributed by atoms with E-state index in [1.165, 1.54) is 0 Å². The fourth-order valence-corrected chi connectivity index (χ4v) is 1.77. The van der Waals surface area contributed by atoms with Crippen LogP contribution in [0.15, 0.2) is 12.3 Å². The lowest BCUT2D eigenvalue weighted by Gasteiger charge is -2.07. The number of nitrogens with zero attached hydrogens (tertiary/aromatic N) is 2. The predicted molar refractivity (Wildman–Crippen MR) is 63.6 cm³/mol. The van der Waals surface area contributed by atoms with Crippen LogP contribution in [0, 0.1) is 22.0 Å². The molecule has 0 saturated heterocycles. The van der Waals surface area contributed by atoms with E-state index in [1.807, 2.05) is 0 Å². The van der Waals surface area contributed by atoms with Crippen molar-refractivity contribution in [3.8, 4) is 0 Å². The Morgan fingerprint density at radius 2 is 2.39 bits per heavy atom. The highest BCUT2D eigenvalue weighted by molar-refractivity contribution is 5.93. The standard InChI is InChI=1S/C11H13N3O4/c1-6-2-7(6)4-12-10-9(11(15)16)3-8(5-13-10)14(17)18/h3,5-7H,2,4H2,1H3,(H,12,13)(H,15,16). The summed E-state index contributed by atoms with van der Waals surface area (Å²) in [6, 6.07) is 1.02. The van der Waals surface area contributed by atoms with Crippen LogP contribution < -0.4 is 5.32 Å². The smallest absolute Gasteiger partial charge is 0.339 e. The van der Waals surface area contributed by atoms with Gasteiger partial charge in [0.15, 0.2) is 0 Å². The second-order valence-electron chi connectivity index (χ2n) is 4.51. The van der Waals surface area contributed by atoms with Gasteiger partial charge in [-0.05, 0) is 18.3 Å². The molecule has 0 spiro atoms. The Labute approximate surface area is 103 Å². The number of aromatic carboxylic acids is 1. The molecule has 1 aromatic rings. The number of carboxylic acids is 1. The molecule has 7 nitrogen and oxygen atoms in total. The summed E-state index contributed by atoms with van der Waals surface area (Å²) in [6.45, 7) is 2.76. The second kappa shape index (κ2) is 4.59. The lowest BCUT2D eigenvalue weighted by molar-refractivity contribution is -0.385. The molecule has 0 bridgehead atoms. The van der Waals surface area contributed by atoms with Crippen LogP contribution in [-0.4, -0.2) is 27.5 Å². The van der Waals surface area contributed by atoms with Crippen molar-refractivity contribution in [3.63, 3.8) is 0 Å². The zero-order valence-corrected chi connectivity index (χ0v) is 9.79. The molecule has 1 fully saturated rings. The number of carboxylic acid groups (broad SMARTS) is 1. The number of rotatable bonds is 5. The summed E-state index contributed by atoms with van der Waals surface area (Å²) >= 11 is 0. The van der Waals surface area contributed by atoms with Crippen LogP contribution in [0.1, 0.15) is 23.7 Å². The molecule has 2 N–H and O–H groups in total. The number of nitro groups is 1. The van der Waals surface area contributed by atoms with Gasteiger partial charge in [-0.1, -0.05) is 6.92 Å². The van der Waals surface area contributed by atoms with Gasteiger partial charge in [-0.15, -0.1) is 0 Å². The average Bonchev–Trinajstić information content (AvgIpc) is 3.02. The van der Waals surface area contributed by atoms with E-state index in [0.717, 1.165) is 18.7 Å². The highest BCUT2D eigenvalue weighted by Gasteiger charge is 2.32. The summed E-state index contributed by atoms with van der Waals surface area (Å²) in [7, 11) is 0. The summed E-state index contributed by atoms with van der Waals surface area (Å²) in [5.41, 5.74) is -0.491. The molecular formula is C11H13N3O4. The topological polar surface area (TPSA) is 105 Å². The lowest BCUT2D eigenvalue weighted by Crippen LogP contribution is -2.11. The van der Waals surface area contributed by atoms with E-state index in [2.05, 4.69) is 17.2 Å². The first kappa shape index (κ1) is 12.3. The maximum Gasteiger partial charge on any atom is 0.339 e. The Bertz CT molecular complexity index is 503. The number of aromatic nitrogens is 1. The van der Waals surface area contributed by atoms with Gasteiger partial charge < -0.3 is 10.4 Å². The Morgan fingerprint density at radius 1 is 1.72 bits per heavy atom. The van der Waals surface area contributed by atoms with Crippen molar-refractivity contribution >= 4 is 17.5 Å². The molecule has 0 radical (unpaired) electrons. The van der Waals surface area contributed by atoms with Crippen LogP contribution in [0.4, 0.5) is 11.5 Å². The zero-order valence-electron chi connectivity index (χ0n) is 9.79. The van der Waals surface area contributed by atoms with Gasteiger partial charge in [0.25, 0.3) is 5.69 Å². The highest BCUT2D eigenvalue weighted by Crippen LogP contribution is 2.37. The number of anilines is 1. The minimum absolute atomic E-state index is 0.169. The first-order valence-electron chi connectivity index (χ1n) is 5.60. The van der Waals surface area contributed by atoms with E-state index in [-0.39, 0.29) is 17.1 Å². The normalized spacial score (nSPS) is 21.4. The van der Waals surface area contributed by atoms with Gasteiger partial charge in [0.05, 0.1) is 4.92 Å². The molecule has 1 aromatic heterocycles. The van der Waals surface area contributed by atoms with Crippen molar-refractivity contribution in [3.05, 3.63) is 27.9 Å². The van der Waals surface area contributed by atoms with E-state index < -0.39 is 10.9 Å². The highest BCUT2D eigenvalue weighted by atomic mass is 16.6. The molecule has 1 aliphatic rings. The quantitative estimate of drug-likeness (QED) is 0.610. The molecule has 18 heavy (non-hydrogen) atoms. The summed E-state index contributed by atoms with van der Waals surface area (Å²) in [5, 5.41) is 22.5. The monoisotopic (exact) mass is 251 g/mol. The van der Waals surface area contributed by atoms with Crippen LogP contribution in [0.5, 0.6) is 0 Å². The third-order valence-corrected chi connectivity index (χ3v) is 3.12. The summed E-state index contributed by atoms with van der Waals surface area (Å²) in [5.74, 6) is 0.136. The number of hydrogen-bond acceptors (Lipinski definition) is 5. The number of carbonyl (C=O) groups is 1. The zero-order chi connectivity index (χ0) is 13.3. The van der Waals surface area contributed by atoms with Crippen molar-refractivity contribution in [2.45, 2.75) is 13.3 Å². The van der Waals surface area contributed by atoms with Gasteiger partial charge >= 0.3 is 5.97 Å². The minimum atomic E-state index is -1.22. The maximum absolute atomic E-state index is 11.0. The summed E-state index contributed by atoms with van der Waals surface area (Å²) < 4.78 is 0. The molecule has 0 aliphatic heterocycles. The molecule has 1 saturated carbocycles. The third-order valence-electron chi connectivity index (χ3n) is 3.12. The maximum atomic E-state index is 11.0. The van der Waals surface area contributed by atoms with E-state index in [9.17, 15) is 14.9 Å². The molecule has 1 heterocycles. The average molecular weight is 251 g/mol. The van der Waals surface area contributed by atoms with Crippen molar-refractivity contribution in [1.82, 2.24) is 4.98 Å². The van der Waals surface area contributed by atoms with Crippen molar-refractivity contribution < 1.29 is 14.8 Å². The summed E-state index contributed by atoms with van der Waals surface area (Å²) in [4.78, 5) is 24.7. The summed E-state index contributed by atoms with van der Waals surface area (Å²) in [6.07, 6.45) is 2.17. The largest absolute Gasteiger partial charge is 0.478 e. The molecule has 1 aliphatic carbocycles. The van der Waals surface area contributed by atoms with Gasteiger partial charge in [0.2, 0.25) is 0 Å². The van der Waals surface area contributed by atoms with E-state index in [0.29, 0.717) is 18.4 Å². The SMILES string of the molecule is CC1CC1CNc1ncc([N+](=O)[O-])cc1C(=O)O. The molecule has 96 valence electrons. The van der Waals surface area contributed by atoms with E-state index >= 15 is 0 Å². The minimum Gasteiger partial charge on any atom is -0.478 e. The van der Waals surface area contributed by atoms with Gasteiger partial charge in [-0.2, -0.15) is 0 Å². The van der Waals surface area contributed by atoms with Gasteiger partial charge in [0, 0.05) is 12.6 Å². The van der Waals surface area contributed by atoms with Crippen LogP contribution in [0.3, 0.4) is 0 Å². The Balaban J connectivity index is 2.17. The van der Waals surface area contributed by atoms with Crippen LogP contribution in [0.2, 0.25) is 0 Å². The number of nitrogens with one attached hydrogen (secondary N) is 1. The van der Waals surface area contributed by atoms with Gasteiger partial charge in [-0.25, -0.2) is 9.78 Å². The molecule has 0 amide bonds. The molecule has 2 unspecified atom stereocenters. The molecule has 2 rings (SSSR count). The van der Waals surface area contributed by atoms with Crippen molar-refractivity contribution in [2.75, 3.05) is 11.9 Å². The third kappa shape index (κ3) is 2.55. The number of hydrogen-bond donors (Lipinski definition) is 2. The van der Waals surface area contributed by atoms with Crippen molar-refractivity contribution in [2.24, 2.45) is 11.8 Å². The molecular weight excluding hydrogens is 238 g/mol. The molecule has 0 aromatic carbocycles. The number of pyridine rings is 1. The Morgan fingerprint density at radius 3 is 2.89 bits per heavy atom. The van der Waals surface area contributed by atoms with Gasteiger partial charge in [-0.3, -0.25) is 10.1 Å². The second-order valence-corrected chi connectivity index (χ2v) is 4.51. The van der Waals surface area contributed by atoms with Crippen LogP contribution in [0.25, 0.3) is 0 Å². The van der Waals surface area contributed by atoms with Crippen LogP contribution >= 0.6 is 0 Å². The van der Waals surface area contributed by atoms with E-state index in [4.69, 9.17) is 5.11 Å². The first-order chi connectivity index (χ1) is 8.49. The lowest BCUT2D eigenvalue weighted by atomic mass is 10.2. The predicted octanol–water partition coefficient (Wildman–Crippen LogP) is 1.76. The fourth-order valence-electron chi connectivity index (χ4n) is 1.77. The van der Waals surface area contributed by atoms with Gasteiger partial charge in [0.1, 0.15) is 17.6 Å². The molecule has 2 atom stereocenters. The molecule has 7 heteroatoms.